The van der Waals surface area contributed by atoms with Crippen LogP contribution in [0.15, 0.2) is 24.3 Å². The highest BCUT2D eigenvalue weighted by Gasteiger charge is 2.48. The number of nitrogens with two attached hydrogens (primary N) is 1. The van der Waals surface area contributed by atoms with E-state index in [1.807, 2.05) is 24.3 Å². The third kappa shape index (κ3) is 2.49. The van der Waals surface area contributed by atoms with E-state index in [0.29, 0.717) is 19.8 Å². The lowest BCUT2D eigenvalue weighted by Crippen LogP contribution is -2.30. The molecule has 3 rings (SSSR count). The number of amides is 1. The average Bonchev–Trinajstić information content (AvgIpc) is 3.06. The predicted molar refractivity (Wildman–Crippen MR) is 70.4 cm³/mol. The first-order chi connectivity index (χ1) is 9.23. The van der Waals surface area contributed by atoms with Crippen LogP contribution < -0.4 is 11.1 Å². The summed E-state index contributed by atoms with van der Waals surface area (Å²) in [4.78, 5) is 12.0. The number of hydrogen-bond acceptors (Lipinski definition) is 4. The van der Waals surface area contributed by atoms with E-state index in [4.69, 9.17) is 15.2 Å². The molecule has 1 saturated carbocycles. The lowest BCUT2D eigenvalue weighted by Gasteiger charge is -2.14. The van der Waals surface area contributed by atoms with E-state index in [2.05, 4.69) is 5.32 Å². The quantitative estimate of drug-likeness (QED) is 0.860. The molecule has 0 bridgehead atoms. The number of nitrogens with one attached hydrogen (secondary N) is 1. The van der Waals surface area contributed by atoms with Gasteiger partial charge in [-0.25, -0.2) is 0 Å². The molecule has 2 aliphatic rings. The van der Waals surface area contributed by atoms with Gasteiger partial charge in [0.2, 0.25) is 5.91 Å². The molecule has 0 aromatic heterocycles. The monoisotopic (exact) mass is 262 g/mol. The first-order valence-corrected chi connectivity index (χ1v) is 6.58. The molecule has 1 heterocycles. The van der Waals surface area contributed by atoms with Crippen LogP contribution in [0.3, 0.4) is 0 Å². The summed E-state index contributed by atoms with van der Waals surface area (Å²) in [6.07, 6.45) is 1.50. The molecule has 1 saturated heterocycles. The van der Waals surface area contributed by atoms with Crippen LogP contribution in [-0.2, 0) is 14.3 Å². The number of hydrogen-bond donors (Lipinski definition) is 2. The molecule has 102 valence electrons. The summed E-state index contributed by atoms with van der Waals surface area (Å²) in [6, 6.07) is 7.55. The Labute approximate surface area is 112 Å². The summed E-state index contributed by atoms with van der Waals surface area (Å²) < 4.78 is 10.8. The summed E-state index contributed by atoms with van der Waals surface area (Å²) in [7, 11) is 0. The first-order valence-electron chi connectivity index (χ1n) is 6.58. The van der Waals surface area contributed by atoms with Crippen molar-refractivity contribution in [3.8, 4) is 0 Å². The Morgan fingerprint density at radius 2 is 1.89 bits per heavy atom. The highest BCUT2D eigenvalue weighted by atomic mass is 16.7. The van der Waals surface area contributed by atoms with Crippen LogP contribution in [-0.4, -0.2) is 25.7 Å². The standard InChI is InChI=1S/C14H18N2O3/c15-9-14(5-6-14)13(17)16-11-3-1-10(2-4-11)12-18-7-8-19-12/h1-4,12H,5-9,15H2,(H,16,17). The van der Waals surface area contributed by atoms with Crippen molar-refractivity contribution in [2.75, 3.05) is 25.1 Å². The molecule has 5 nitrogen and oxygen atoms in total. The van der Waals surface area contributed by atoms with Gasteiger partial charge in [0.25, 0.3) is 0 Å². The lowest BCUT2D eigenvalue weighted by molar-refractivity contribution is -0.120. The van der Waals surface area contributed by atoms with Gasteiger partial charge in [0.05, 0.1) is 18.6 Å². The van der Waals surface area contributed by atoms with Crippen molar-refractivity contribution in [1.29, 1.82) is 0 Å². The van der Waals surface area contributed by atoms with Gasteiger partial charge in [0, 0.05) is 17.8 Å². The number of carbonyl (C=O) groups is 1. The largest absolute Gasteiger partial charge is 0.346 e. The molecule has 1 aromatic rings. The molecule has 0 spiro atoms. The van der Waals surface area contributed by atoms with Crippen LogP contribution in [0.4, 0.5) is 5.69 Å². The van der Waals surface area contributed by atoms with Crippen molar-refractivity contribution < 1.29 is 14.3 Å². The number of anilines is 1. The molecule has 1 aromatic carbocycles. The second-order valence-electron chi connectivity index (χ2n) is 5.13. The molecule has 19 heavy (non-hydrogen) atoms. The van der Waals surface area contributed by atoms with Crippen molar-refractivity contribution in [2.24, 2.45) is 11.1 Å². The van der Waals surface area contributed by atoms with E-state index < -0.39 is 0 Å². The van der Waals surface area contributed by atoms with Crippen LogP contribution in [0.1, 0.15) is 24.7 Å². The number of rotatable bonds is 4. The summed E-state index contributed by atoms with van der Waals surface area (Å²) >= 11 is 0. The molecule has 0 radical (unpaired) electrons. The Kier molecular flexibility index (Phi) is 3.26. The fourth-order valence-electron chi connectivity index (χ4n) is 2.21. The van der Waals surface area contributed by atoms with Crippen LogP contribution >= 0.6 is 0 Å². The van der Waals surface area contributed by atoms with Crippen molar-refractivity contribution in [3.05, 3.63) is 29.8 Å². The maximum absolute atomic E-state index is 12.0. The molecule has 1 amide bonds. The van der Waals surface area contributed by atoms with Crippen molar-refractivity contribution in [1.82, 2.24) is 0 Å². The van der Waals surface area contributed by atoms with Gasteiger partial charge in [-0.05, 0) is 25.0 Å². The molecule has 2 fully saturated rings. The van der Waals surface area contributed by atoms with Gasteiger partial charge in [-0.15, -0.1) is 0 Å². The predicted octanol–water partition coefficient (Wildman–Crippen LogP) is 1.41. The van der Waals surface area contributed by atoms with Crippen LogP contribution in [0.5, 0.6) is 0 Å². The summed E-state index contributed by atoms with van der Waals surface area (Å²) in [6.45, 7) is 1.67. The first kappa shape index (κ1) is 12.6. The van der Waals surface area contributed by atoms with Gasteiger partial charge < -0.3 is 20.5 Å². The second-order valence-corrected chi connectivity index (χ2v) is 5.13. The van der Waals surface area contributed by atoms with Gasteiger partial charge in [-0.3, -0.25) is 4.79 Å². The lowest BCUT2D eigenvalue weighted by atomic mass is 10.1. The minimum absolute atomic E-state index is 0.0242. The van der Waals surface area contributed by atoms with E-state index in [1.165, 1.54) is 0 Å². The van der Waals surface area contributed by atoms with E-state index >= 15 is 0 Å². The van der Waals surface area contributed by atoms with Gasteiger partial charge in [-0.1, -0.05) is 12.1 Å². The minimum Gasteiger partial charge on any atom is -0.346 e. The normalized spacial score (nSPS) is 21.3. The number of benzene rings is 1. The zero-order valence-corrected chi connectivity index (χ0v) is 10.7. The minimum atomic E-state index is -0.323. The number of ether oxygens (including phenoxy) is 2. The Morgan fingerprint density at radius 1 is 1.26 bits per heavy atom. The Hall–Kier alpha value is -1.43. The summed E-state index contributed by atoms with van der Waals surface area (Å²) in [5.41, 5.74) is 7.07. The molecule has 1 aliphatic carbocycles. The Bertz CT molecular complexity index is 462. The third-order valence-electron chi connectivity index (χ3n) is 3.79. The Balaban J connectivity index is 1.64. The Morgan fingerprint density at radius 3 is 2.42 bits per heavy atom. The zero-order valence-electron chi connectivity index (χ0n) is 10.7. The third-order valence-corrected chi connectivity index (χ3v) is 3.79. The van der Waals surface area contributed by atoms with Crippen molar-refractivity contribution in [3.63, 3.8) is 0 Å². The van der Waals surface area contributed by atoms with Gasteiger partial charge in [-0.2, -0.15) is 0 Å². The molecule has 1 aliphatic heterocycles. The van der Waals surface area contributed by atoms with Crippen LogP contribution in [0, 0.1) is 5.41 Å². The highest BCUT2D eigenvalue weighted by molar-refractivity contribution is 5.97. The molecule has 0 atom stereocenters. The van der Waals surface area contributed by atoms with Gasteiger partial charge >= 0.3 is 0 Å². The second kappa shape index (κ2) is 4.92. The van der Waals surface area contributed by atoms with Crippen molar-refractivity contribution in [2.45, 2.75) is 19.1 Å². The van der Waals surface area contributed by atoms with E-state index in [1.54, 1.807) is 0 Å². The van der Waals surface area contributed by atoms with E-state index in [0.717, 1.165) is 24.1 Å². The topological polar surface area (TPSA) is 73.6 Å². The van der Waals surface area contributed by atoms with E-state index in [9.17, 15) is 4.79 Å². The fourth-order valence-corrected chi connectivity index (χ4v) is 2.21. The smallest absolute Gasteiger partial charge is 0.231 e. The van der Waals surface area contributed by atoms with Crippen molar-refractivity contribution >= 4 is 11.6 Å². The SMILES string of the molecule is NCC1(C(=O)Nc2ccc(C3OCCO3)cc2)CC1. The highest BCUT2D eigenvalue weighted by Crippen LogP contribution is 2.45. The molecular formula is C14H18N2O3. The van der Waals surface area contributed by atoms with Gasteiger partial charge in [0.1, 0.15) is 0 Å². The van der Waals surface area contributed by atoms with Gasteiger partial charge in [0.15, 0.2) is 6.29 Å². The molecular weight excluding hydrogens is 244 g/mol. The summed E-state index contributed by atoms with van der Waals surface area (Å²) in [5, 5.41) is 2.91. The maximum Gasteiger partial charge on any atom is 0.231 e. The average molecular weight is 262 g/mol. The summed E-state index contributed by atoms with van der Waals surface area (Å²) in [5.74, 6) is 0.0242. The molecule has 3 N–H and O–H groups in total. The molecule has 5 heteroatoms. The number of carbonyl (C=O) groups excluding carboxylic acids is 1. The maximum atomic E-state index is 12.0. The molecule has 0 unspecified atom stereocenters. The zero-order chi connectivity index (χ0) is 13.3. The van der Waals surface area contributed by atoms with E-state index in [-0.39, 0.29) is 17.6 Å². The fraction of sp³-hybridized carbons (Fsp3) is 0.500. The van der Waals surface area contributed by atoms with Crippen LogP contribution in [0.25, 0.3) is 0 Å². The van der Waals surface area contributed by atoms with Crippen LogP contribution in [0.2, 0.25) is 0 Å².